The molecular formula is C28H29F3N4O3S. The Morgan fingerprint density at radius 2 is 1.69 bits per heavy atom. The number of benzene rings is 3. The molecule has 0 aliphatic heterocycles. The third kappa shape index (κ3) is 6.26. The van der Waals surface area contributed by atoms with Crippen molar-refractivity contribution in [3.05, 3.63) is 95.4 Å². The number of aromatic nitrogens is 2. The maximum atomic E-state index is 13.1. The van der Waals surface area contributed by atoms with Crippen LogP contribution in [0.4, 0.5) is 18.9 Å². The Kier molecular flexibility index (Phi) is 8.03. The molecule has 0 saturated carbocycles. The first-order valence-corrected chi connectivity index (χ1v) is 13.6. The van der Waals surface area contributed by atoms with Gasteiger partial charge in [0.25, 0.3) is 0 Å². The van der Waals surface area contributed by atoms with Crippen LogP contribution in [0.25, 0.3) is 11.3 Å². The second-order valence-corrected chi connectivity index (χ2v) is 11.0. The number of nitrogens with zero attached hydrogens (tertiary/aromatic N) is 2. The predicted molar refractivity (Wildman–Crippen MR) is 144 cm³/mol. The van der Waals surface area contributed by atoms with Crippen molar-refractivity contribution in [2.75, 3.05) is 19.5 Å². The summed E-state index contributed by atoms with van der Waals surface area (Å²) in [7, 11) is 0.887. The number of anilines is 1. The Morgan fingerprint density at radius 1 is 1.03 bits per heavy atom. The first-order valence-electron chi connectivity index (χ1n) is 12.1. The van der Waals surface area contributed by atoms with Crippen molar-refractivity contribution in [1.29, 1.82) is 0 Å². The first kappa shape index (κ1) is 28.2. The Labute approximate surface area is 225 Å². The molecule has 0 aliphatic carbocycles. The van der Waals surface area contributed by atoms with E-state index in [1.807, 2.05) is 26.1 Å². The van der Waals surface area contributed by atoms with Gasteiger partial charge in [-0.3, -0.25) is 0 Å². The van der Waals surface area contributed by atoms with Gasteiger partial charge >= 0.3 is 6.18 Å². The van der Waals surface area contributed by atoms with Gasteiger partial charge in [0.15, 0.2) is 0 Å². The summed E-state index contributed by atoms with van der Waals surface area (Å²) in [6.07, 6.45) is -0.742. The zero-order chi connectivity index (χ0) is 28.4. The van der Waals surface area contributed by atoms with E-state index in [0.717, 1.165) is 17.7 Å². The number of halogens is 3. The summed E-state index contributed by atoms with van der Waals surface area (Å²) < 4.78 is 74.8. The van der Waals surface area contributed by atoms with Gasteiger partial charge in [-0.25, -0.2) is 18.1 Å². The molecule has 2 N–H and O–H groups in total. The van der Waals surface area contributed by atoms with E-state index in [9.17, 15) is 21.6 Å². The molecule has 0 amide bonds. The number of alkyl halides is 3. The van der Waals surface area contributed by atoms with Gasteiger partial charge < -0.3 is 14.6 Å². The van der Waals surface area contributed by atoms with Crippen LogP contribution in [0.2, 0.25) is 0 Å². The van der Waals surface area contributed by atoms with Crippen molar-refractivity contribution in [1.82, 2.24) is 14.3 Å². The van der Waals surface area contributed by atoms with Gasteiger partial charge in [-0.05, 0) is 73.5 Å². The summed E-state index contributed by atoms with van der Waals surface area (Å²) in [5, 5.41) is 3.37. The molecule has 0 unspecified atom stereocenters. The number of hydrogen-bond acceptors (Lipinski definition) is 5. The van der Waals surface area contributed by atoms with E-state index < -0.39 is 27.8 Å². The highest BCUT2D eigenvalue weighted by Gasteiger charge is 2.30. The first-order chi connectivity index (χ1) is 18.4. The largest absolute Gasteiger partial charge is 0.497 e. The monoisotopic (exact) mass is 558 g/mol. The van der Waals surface area contributed by atoms with Crippen LogP contribution in [-0.2, 0) is 29.7 Å². The third-order valence-corrected chi connectivity index (χ3v) is 7.94. The second-order valence-electron chi connectivity index (χ2n) is 9.11. The van der Waals surface area contributed by atoms with Crippen LogP contribution in [0.15, 0.2) is 78.1 Å². The van der Waals surface area contributed by atoms with Crippen molar-refractivity contribution in [3.8, 4) is 17.0 Å². The summed E-state index contributed by atoms with van der Waals surface area (Å²) in [6, 6.07) is 15.1. The Hall–Kier alpha value is -3.83. The van der Waals surface area contributed by atoms with Crippen LogP contribution in [0.1, 0.15) is 35.2 Å². The van der Waals surface area contributed by atoms with Crippen LogP contribution < -0.4 is 14.8 Å². The molecule has 0 fully saturated rings. The normalized spacial score (nSPS) is 12.8. The lowest BCUT2D eigenvalue weighted by atomic mass is 9.95. The Bertz CT molecular complexity index is 1550. The fourth-order valence-corrected chi connectivity index (χ4v) is 5.31. The van der Waals surface area contributed by atoms with Crippen LogP contribution in [0.3, 0.4) is 0 Å². The standard InChI is InChI=1S/C28H29F3N4O3S/c1-18(20-7-9-21(10-8-20)28(29,30)31)34-24-13-14-26(39(36,37)32-2)23(27(24)25-16-35(3)17-33-25)15-19-5-11-22(38-4)12-6-19/h5-14,16-18,32,34H,15H2,1-4H3/t18-/m0/s1. The second kappa shape index (κ2) is 11.1. The average Bonchev–Trinajstić information content (AvgIpc) is 3.34. The highest BCUT2D eigenvalue weighted by molar-refractivity contribution is 7.89. The van der Waals surface area contributed by atoms with Gasteiger partial charge in [-0.15, -0.1) is 0 Å². The van der Waals surface area contributed by atoms with Gasteiger partial charge in [0.1, 0.15) is 5.75 Å². The van der Waals surface area contributed by atoms with Crippen molar-refractivity contribution >= 4 is 15.7 Å². The van der Waals surface area contributed by atoms with Crippen LogP contribution >= 0.6 is 0 Å². The number of sulfonamides is 1. The quantitative estimate of drug-likeness (QED) is 0.272. The summed E-state index contributed by atoms with van der Waals surface area (Å²) in [5.74, 6) is 0.674. The molecule has 4 rings (SSSR count). The van der Waals surface area contributed by atoms with Gasteiger partial charge in [0.05, 0.1) is 29.6 Å². The number of ether oxygens (including phenoxy) is 1. The summed E-state index contributed by atoms with van der Waals surface area (Å²) in [4.78, 5) is 4.61. The molecule has 0 bridgehead atoms. The topological polar surface area (TPSA) is 85.3 Å². The maximum Gasteiger partial charge on any atom is 0.416 e. The molecule has 7 nitrogen and oxygen atoms in total. The fraction of sp³-hybridized carbons (Fsp3) is 0.250. The van der Waals surface area contributed by atoms with Crippen molar-refractivity contribution in [2.45, 2.75) is 30.5 Å². The van der Waals surface area contributed by atoms with Crippen LogP contribution in [0.5, 0.6) is 5.75 Å². The van der Waals surface area contributed by atoms with E-state index in [1.165, 1.54) is 25.2 Å². The molecule has 0 saturated heterocycles. The molecule has 11 heteroatoms. The minimum absolute atomic E-state index is 0.106. The lowest BCUT2D eigenvalue weighted by Gasteiger charge is -2.22. The van der Waals surface area contributed by atoms with Crippen LogP contribution in [-0.4, -0.2) is 32.1 Å². The van der Waals surface area contributed by atoms with Gasteiger partial charge in [-0.1, -0.05) is 24.3 Å². The Balaban J connectivity index is 1.84. The van der Waals surface area contributed by atoms with Gasteiger partial charge in [-0.2, -0.15) is 13.2 Å². The van der Waals surface area contributed by atoms with Gasteiger partial charge in [0.2, 0.25) is 10.0 Å². The molecular weight excluding hydrogens is 529 g/mol. The number of aryl methyl sites for hydroxylation is 1. The molecule has 3 aromatic carbocycles. The SMILES string of the molecule is CNS(=O)(=O)c1ccc(N[C@@H](C)c2ccc(C(F)(F)F)cc2)c(-c2cn(C)cn2)c1Cc1ccc(OC)cc1. The zero-order valence-electron chi connectivity index (χ0n) is 21.9. The van der Waals surface area contributed by atoms with E-state index in [-0.39, 0.29) is 11.3 Å². The highest BCUT2D eigenvalue weighted by Crippen LogP contribution is 2.38. The molecule has 0 spiro atoms. The predicted octanol–water partition coefficient (Wildman–Crippen LogP) is 5.79. The van der Waals surface area contributed by atoms with E-state index in [4.69, 9.17) is 4.74 Å². The number of methoxy groups -OCH3 is 1. The molecule has 1 atom stereocenters. The van der Waals surface area contributed by atoms with E-state index in [1.54, 1.807) is 42.4 Å². The average molecular weight is 559 g/mol. The molecule has 1 aromatic heterocycles. The highest BCUT2D eigenvalue weighted by atomic mass is 32.2. The van der Waals surface area contributed by atoms with Crippen molar-refractivity contribution < 1.29 is 26.3 Å². The van der Waals surface area contributed by atoms with Gasteiger partial charge in [0, 0.05) is 30.5 Å². The lowest BCUT2D eigenvalue weighted by Crippen LogP contribution is -2.21. The number of rotatable bonds is 9. The maximum absolute atomic E-state index is 13.1. The number of nitrogens with one attached hydrogen (secondary N) is 2. The van der Waals surface area contributed by atoms with E-state index in [2.05, 4.69) is 15.0 Å². The summed E-state index contributed by atoms with van der Waals surface area (Å²) >= 11 is 0. The lowest BCUT2D eigenvalue weighted by molar-refractivity contribution is -0.137. The zero-order valence-corrected chi connectivity index (χ0v) is 22.7. The van der Waals surface area contributed by atoms with Crippen LogP contribution in [0, 0.1) is 0 Å². The molecule has 0 aliphatic rings. The smallest absolute Gasteiger partial charge is 0.416 e. The molecule has 206 valence electrons. The molecule has 1 heterocycles. The molecule has 39 heavy (non-hydrogen) atoms. The minimum atomic E-state index is -4.42. The number of imidazole rings is 1. The fourth-order valence-electron chi connectivity index (χ4n) is 4.35. The minimum Gasteiger partial charge on any atom is -0.497 e. The van der Waals surface area contributed by atoms with Crippen molar-refractivity contribution in [2.24, 2.45) is 7.05 Å². The number of hydrogen-bond donors (Lipinski definition) is 2. The van der Waals surface area contributed by atoms with Crippen molar-refractivity contribution in [3.63, 3.8) is 0 Å². The summed E-state index contributed by atoms with van der Waals surface area (Å²) in [6.45, 7) is 1.83. The third-order valence-electron chi connectivity index (χ3n) is 6.44. The van der Waals surface area contributed by atoms with E-state index >= 15 is 0 Å². The summed E-state index contributed by atoms with van der Waals surface area (Å²) in [5.41, 5.74) is 3.03. The molecule has 4 aromatic rings. The van der Waals surface area contributed by atoms with E-state index in [0.29, 0.717) is 33.8 Å². The molecule has 0 radical (unpaired) electrons. The Morgan fingerprint density at radius 3 is 2.23 bits per heavy atom.